The summed E-state index contributed by atoms with van der Waals surface area (Å²) < 4.78 is 0. The van der Waals surface area contributed by atoms with Crippen LogP contribution in [-0.4, -0.2) is 6.72 Å². The van der Waals surface area contributed by atoms with Crippen LogP contribution in [0.3, 0.4) is 0 Å². The third kappa shape index (κ3) is 1.28. The highest BCUT2D eigenvalue weighted by molar-refractivity contribution is 5.32. The Kier molecular flexibility index (Phi) is 2.25. The van der Waals surface area contributed by atoms with Gasteiger partial charge in [0.05, 0.1) is 0 Å². The number of aliphatic imine (C=N–C) groups is 1. The second-order valence-corrected chi connectivity index (χ2v) is 3.12. The van der Waals surface area contributed by atoms with Gasteiger partial charge in [0.25, 0.3) is 0 Å². The lowest BCUT2D eigenvalue weighted by Gasteiger charge is -2.20. The van der Waals surface area contributed by atoms with Crippen LogP contribution in [0.1, 0.15) is 33.1 Å². The van der Waals surface area contributed by atoms with E-state index in [1.54, 1.807) is 0 Å². The van der Waals surface area contributed by atoms with Gasteiger partial charge in [-0.2, -0.15) is 0 Å². The Hall–Kier alpha value is -0.590. The lowest BCUT2D eigenvalue weighted by Crippen LogP contribution is -2.05. The smallest absolute Gasteiger partial charge is 0.0413 e. The highest BCUT2D eigenvalue weighted by atomic mass is 14.7. The number of nitrogens with zero attached hydrogens (tertiary/aromatic N) is 1. The molecular weight excluding hydrogens is 122 g/mol. The fourth-order valence-corrected chi connectivity index (χ4v) is 1.65. The van der Waals surface area contributed by atoms with Crippen molar-refractivity contribution in [2.24, 2.45) is 10.9 Å². The standard InChI is InChI=1S/C9H15N/c1-7-5-4-6-8(2)9(7)10-3/h7H,3-6H2,1-2H3. The van der Waals surface area contributed by atoms with Crippen LogP contribution in [0, 0.1) is 5.92 Å². The van der Waals surface area contributed by atoms with Crippen LogP contribution < -0.4 is 0 Å². The lowest BCUT2D eigenvalue weighted by atomic mass is 9.89. The molecule has 0 aromatic heterocycles. The van der Waals surface area contributed by atoms with Crippen LogP contribution in [0.25, 0.3) is 0 Å². The monoisotopic (exact) mass is 137 g/mol. The van der Waals surface area contributed by atoms with Crippen molar-refractivity contribution >= 4 is 6.72 Å². The molecule has 0 aromatic rings. The van der Waals surface area contributed by atoms with E-state index in [2.05, 4.69) is 25.6 Å². The summed E-state index contributed by atoms with van der Waals surface area (Å²) in [6.07, 6.45) is 3.83. The van der Waals surface area contributed by atoms with Crippen molar-refractivity contribution in [1.29, 1.82) is 0 Å². The molecule has 10 heavy (non-hydrogen) atoms. The molecule has 0 N–H and O–H groups in total. The third-order valence-electron chi connectivity index (χ3n) is 2.26. The maximum absolute atomic E-state index is 4.04. The fraction of sp³-hybridized carbons (Fsp3) is 0.667. The Morgan fingerprint density at radius 2 is 2.30 bits per heavy atom. The Morgan fingerprint density at radius 1 is 1.60 bits per heavy atom. The third-order valence-corrected chi connectivity index (χ3v) is 2.26. The molecule has 0 aliphatic heterocycles. The first-order valence-electron chi connectivity index (χ1n) is 3.92. The van der Waals surface area contributed by atoms with Gasteiger partial charge in [0, 0.05) is 5.70 Å². The van der Waals surface area contributed by atoms with Crippen LogP contribution in [-0.2, 0) is 0 Å². The average molecular weight is 137 g/mol. The molecule has 0 saturated heterocycles. The minimum absolute atomic E-state index is 0.645. The predicted molar refractivity (Wildman–Crippen MR) is 45.3 cm³/mol. The van der Waals surface area contributed by atoms with E-state index in [-0.39, 0.29) is 0 Å². The van der Waals surface area contributed by atoms with Gasteiger partial charge in [0.1, 0.15) is 0 Å². The van der Waals surface area contributed by atoms with E-state index in [9.17, 15) is 0 Å². The molecule has 1 atom stereocenters. The second kappa shape index (κ2) is 3.00. The molecule has 56 valence electrons. The van der Waals surface area contributed by atoms with Gasteiger partial charge in [0.2, 0.25) is 0 Å². The van der Waals surface area contributed by atoms with Gasteiger partial charge in [-0.1, -0.05) is 12.5 Å². The van der Waals surface area contributed by atoms with Crippen LogP contribution in [0.2, 0.25) is 0 Å². The van der Waals surface area contributed by atoms with Gasteiger partial charge >= 0.3 is 0 Å². The van der Waals surface area contributed by atoms with Crippen LogP contribution >= 0.6 is 0 Å². The average Bonchev–Trinajstić information content (AvgIpc) is 1.88. The van der Waals surface area contributed by atoms with Crippen molar-refractivity contribution in [2.75, 3.05) is 0 Å². The summed E-state index contributed by atoms with van der Waals surface area (Å²) in [5, 5.41) is 0. The Balaban J connectivity index is 2.83. The van der Waals surface area contributed by atoms with E-state index in [4.69, 9.17) is 0 Å². The Morgan fingerprint density at radius 3 is 2.70 bits per heavy atom. The van der Waals surface area contributed by atoms with Crippen molar-refractivity contribution in [3.63, 3.8) is 0 Å². The fourth-order valence-electron chi connectivity index (χ4n) is 1.65. The van der Waals surface area contributed by atoms with Gasteiger partial charge < -0.3 is 0 Å². The summed E-state index contributed by atoms with van der Waals surface area (Å²) in [6, 6.07) is 0. The summed E-state index contributed by atoms with van der Waals surface area (Å²) in [4.78, 5) is 4.04. The first-order valence-corrected chi connectivity index (χ1v) is 3.92. The molecule has 1 heteroatoms. The van der Waals surface area contributed by atoms with Gasteiger partial charge in [-0.3, -0.25) is 4.99 Å². The summed E-state index contributed by atoms with van der Waals surface area (Å²) in [7, 11) is 0. The van der Waals surface area contributed by atoms with E-state index in [0.29, 0.717) is 5.92 Å². The first kappa shape index (κ1) is 7.52. The number of hydrogen-bond donors (Lipinski definition) is 0. The van der Waals surface area contributed by atoms with Crippen molar-refractivity contribution in [2.45, 2.75) is 33.1 Å². The van der Waals surface area contributed by atoms with E-state index < -0.39 is 0 Å². The largest absolute Gasteiger partial charge is 0.269 e. The minimum Gasteiger partial charge on any atom is -0.269 e. The molecule has 0 fully saturated rings. The van der Waals surface area contributed by atoms with Gasteiger partial charge in [0.15, 0.2) is 0 Å². The molecule has 1 aliphatic carbocycles. The van der Waals surface area contributed by atoms with Gasteiger partial charge in [-0.25, -0.2) is 0 Å². The van der Waals surface area contributed by atoms with E-state index in [0.717, 1.165) is 0 Å². The maximum atomic E-state index is 4.04. The van der Waals surface area contributed by atoms with E-state index >= 15 is 0 Å². The second-order valence-electron chi connectivity index (χ2n) is 3.12. The highest BCUT2D eigenvalue weighted by Crippen LogP contribution is 2.29. The number of allylic oxidation sites excluding steroid dienone is 2. The summed E-state index contributed by atoms with van der Waals surface area (Å²) in [5.41, 5.74) is 2.68. The number of rotatable bonds is 1. The molecule has 1 unspecified atom stereocenters. The quantitative estimate of drug-likeness (QED) is 0.493. The molecule has 0 radical (unpaired) electrons. The molecule has 0 aromatic carbocycles. The van der Waals surface area contributed by atoms with Crippen molar-refractivity contribution in [3.05, 3.63) is 11.3 Å². The first-order chi connectivity index (χ1) is 4.75. The summed E-state index contributed by atoms with van der Waals surface area (Å²) >= 11 is 0. The normalized spacial score (nSPS) is 26.8. The summed E-state index contributed by atoms with van der Waals surface area (Å²) in [6.45, 7) is 7.97. The zero-order valence-corrected chi connectivity index (χ0v) is 6.85. The lowest BCUT2D eigenvalue weighted by molar-refractivity contribution is 0.531. The van der Waals surface area contributed by atoms with Gasteiger partial charge in [-0.15, -0.1) is 0 Å². The predicted octanol–water partition coefficient (Wildman–Crippen LogP) is 2.78. The molecule has 1 nitrogen and oxygen atoms in total. The van der Waals surface area contributed by atoms with E-state index in [1.807, 2.05) is 0 Å². The number of hydrogen-bond acceptors (Lipinski definition) is 1. The van der Waals surface area contributed by atoms with Gasteiger partial charge in [-0.05, 0) is 38.8 Å². The van der Waals surface area contributed by atoms with Crippen LogP contribution in [0.15, 0.2) is 16.3 Å². The van der Waals surface area contributed by atoms with E-state index in [1.165, 1.54) is 30.5 Å². The molecule has 0 saturated carbocycles. The molecule has 1 rings (SSSR count). The minimum atomic E-state index is 0.645. The molecular formula is C9H15N. The molecule has 0 bridgehead atoms. The maximum Gasteiger partial charge on any atom is 0.0413 e. The Labute approximate surface area is 62.9 Å². The zero-order chi connectivity index (χ0) is 7.56. The van der Waals surface area contributed by atoms with Crippen molar-refractivity contribution in [1.82, 2.24) is 0 Å². The molecule has 0 spiro atoms. The Bertz CT molecular complexity index is 168. The summed E-state index contributed by atoms with van der Waals surface area (Å²) in [5.74, 6) is 0.645. The van der Waals surface area contributed by atoms with Crippen molar-refractivity contribution in [3.8, 4) is 0 Å². The van der Waals surface area contributed by atoms with Crippen molar-refractivity contribution < 1.29 is 0 Å². The molecule has 0 heterocycles. The topological polar surface area (TPSA) is 12.4 Å². The highest BCUT2D eigenvalue weighted by Gasteiger charge is 2.14. The molecule has 0 amide bonds. The zero-order valence-electron chi connectivity index (χ0n) is 6.85. The van der Waals surface area contributed by atoms with Crippen LogP contribution in [0.4, 0.5) is 0 Å². The SMILES string of the molecule is C=NC1=C(C)CCCC1C. The molecule has 1 aliphatic rings. The van der Waals surface area contributed by atoms with Crippen LogP contribution in [0.5, 0.6) is 0 Å².